The molecule has 30 heavy (non-hydrogen) atoms. The van der Waals surface area contributed by atoms with Crippen LogP contribution in [0.3, 0.4) is 0 Å². The number of aromatic amines is 1. The van der Waals surface area contributed by atoms with E-state index in [4.69, 9.17) is 5.10 Å². The van der Waals surface area contributed by atoms with Gasteiger partial charge in [0.05, 0.1) is 22.5 Å². The van der Waals surface area contributed by atoms with Gasteiger partial charge in [-0.1, -0.05) is 53.2 Å². The molecule has 1 aromatic heterocycles. The van der Waals surface area contributed by atoms with Crippen LogP contribution in [-0.2, 0) is 10.5 Å². The average molecular weight is 485 g/mol. The second-order valence-electron chi connectivity index (χ2n) is 7.25. The van der Waals surface area contributed by atoms with Crippen molar-refractivity contribution in [2.45, 2.75) is 30.6 Å². The fourth-order valence-corrected chi connectivity index (χ4v) is 5.21. The standard InChI is InChI=1S/C21H18BrN5O2S/c1-2-3-10-30-20-24-18(28)17-13-6-4-5-7-15(13)25-21(27(17)26-20)14-11-12(22)8-9-16(14)23-19(21)29/h4-9,11H,2-3,10H2,1H3,(H2,23,24,26,28,29)/p+1/t21-/m1/s1. The number of hydrogen-bond donors (Lipinski definition) is 3. The Balaban J connectivity index is 1.80. The van der Waals surface area contributed by atoms with Gasteiger partial charge in [-0.15, -0.1) is 0 Å². The summed E-state index contributed by atoms with van der Waals surface area (Å²) in [7, 11) is 0. The highest BCUT2D eigenvalue weighted by Crippen LogP contribution is 2.42. The molecule has 0 fully saturated rings. The fourth-order valence-electron chi connectivity index (χ4n) is 3.92. The number of benzene rings is 2. The van der Waals surface area contributed by atoms with E-state index >= 15 is 0 Å². The van der Waals surface area contributed by atoms with E-state index in [1.54, 1.807) is 4.68 Å². The Morgan fingerprint density at radius 1 is 1.17 bits per heavy atom. The van der Waals surface area contributed by atoms with E-state index in [0.29, 0.717) is 33.4 Å². The third-order valence-corrected chi connectivity index (χ3v) is 6.78. The van der Waals surface area contributed by atoms with E-state index in [2.05, 4.69) is 38.5 Å². The van der Waals surface area contributed by atoms with Gasteiger partial charge in [-0.25, -0.2) is 0 Å². The lowest BCUT2D eigenvalue weighted by molar-refractivity contribution is -0.781. The van der Waals surface area contributed by atoms with Crippen LogP contribution in [0.15, 0.2) is 56.9 Å². The van der Waals surface area contributed by atoms with Gasteiger partial charge >= 0.3 is 22.8 Å². The zero-order valence-corrected chi connectivity index (χ0v) is 18.6. The van der Waals surface area contributed by atoms with Crippen LogP contribution in [0.5, 0.6) is 0 Å². The smallest absolute Gasteiger partial charge is 0.317 e. The molecule has 5 rings (SSSR count). The molecule has 2 aliphatic rings. The highest BCUT2D eigenvalue weighted by atomic mass is 79.9. The summed E-state index contributed by atoms with van der Waals surface area (Å²) in [6, 6.07) is 13.1. The van der Waals surface area contributed by atoms with Crippen molar-refractivity contribution in [2.24, 2.45) is 0 Å². The Labute approximate surface area is 185 Å². The number of aromatic nitrogens is 3. The molecule has 0 saturated heterocycles. The molecule has 2 aromatic carbocycles. The number of fused-ring (bicyclic) bond motifs is 6. The SMILES string of the molecule is CCCCSc1n[n+]2c(c(=O)[nH]1)-c1ccccc1N[C@@]21C(=O)Nc2ccc(Br)cc21. The van der Waals surface area contributed by atoms with Crippen molar-refractivity contribution in [2.75, 3.05) is 16.4 Å². The van der Waals surface area contributed by atoms with Gasteiger partial charge in [-0.3, -0.25) is 14.6 Å². The summed E-state index contributed by atoms with van der Waals surface area (Å²) in [5.74, 6) is 0.559. The molecule has 0 saturated carbocycles. The number of nitrogens with zero attached hydrogens (tertiary/aromatic N) is 2. The van der Waals surface area contributed by atoms with Crippen LogP contribution in [0.25, 0.3) is 11.3 Å². The lowest BCUT2D eigenvalue weighted by Gasteiger charge is -2.28. The number of hydrogen-bond acceptors (Lipinski definition) is 5. The van der Waals surface area contributed by atoms with E-state index in [1.807, 2.05) is 42.5 Å². The van der Waals surface area contributed by atoms with E-state index in [1.165, 1.54) is 11.8 Å². The first-order valence-electron chi connectivity index (χ1n) is 9.73. The lowest BCUT2D eigenvalue weighted by Crippen LogP contribution is -2.71. The number of carbonyl (C=O) groups excluding carboxylic acids is 1. The predicted molar refractivity (Wildman–Crippen MR) is 120 cm³/mol. The van der Waals surface area contributed by atoms with Crippen LogP contribution in [0.4, 0.5) is 11.4 Å². The van der Waals surface area contributed by atoms with E-state index in [-0.39, 0.29) is 11.5 Å². The Hall–Kier alpha value is -2.65. The van der Waals surface area contributed by atoms with Crippen molar-refractivity contribution in [3.05, 3.63) is 62.9 Å². The molecule has 0 aliphatic carbocycles. The molecule has 152 valence electrons. The maximum absolute atomic E-state index is 13.4. The minimum Gasteiger partial charge on any atom is -0.317 e. The third kappa shape index (κ3) is 2.79. The first kappa shape index (κ1) is 19.3. The van der Waals surface area contributed by atoms with Crippen molar-refractivity contribution in [3.8, 4) is 11.3 Å². The van der Waals surface area contributed by atoms with Crippen LogP contribution in [0.1, 0.15) is 25.3 Å². The fraction of sp³-hybridized carbons (Fsp3) is 0.238. The Morgan fingerprint density at radius 3 is 2.83 bits per heavy atom. The largest absolute Gasteiger partial charge is 0.374 e. The summed E-state index contributed by atoms with van der Waals surface area (Å²) >= 11 is 4.99. The number of unbranched alkanes of at least 4 members (excludes halogenated alkanes) is 1. The molecule has 3 N–H and O–H groups in total. The van der Waals surface area contributed by atoms with Crippen LogP contribution >= 0.6 is 27.7 Å². The van der Waals surface area contributed by atoms with Crippen LogP contribution in [-0.4, -0.2) is 21.7 Å². The van der Waals surface area contributed by atoms with Crippen molar-refractivity contribution in [1.82, 2.24) is 10.1 Å². The number of rotatable bonds is 4. The van der Waals surface area contributed by atoms with Gasteiger partial charge in [0, 0.05) is 15.3 Å². The van der Waals surface area contributed by atoms with E-state index < -0.39 is 5.66 Å². The maximum Gasteiger partial charge on any atom is 0.374 e. The maximum atomic E-state index is 13.4. The topological polar surface area (TPSA) is 90.8 Å². The minimum atomic E-state index is -1.35. The normalized spacial score (nSPS) is 18.4. The molecule has 0 unspecified atom stereocenters. The predicted octanol–water partition coefficient (Wildman–Crippen LogP) is 3.46. The number of amides is 1. The summed E-state index contributed by atoms with van der Waals surface area (Å²) in [6.45, 7) is 2.12. The van der Waals surface area contributed by atoms with Crippen molar-refractivity contribution >= 4 is 45.0 Å². The quantitative estimate of drug-likeness (QED) is 0.299. The molecule has 0 bridgehead atoms. The van der Waals surface area contributed by atoms with E-state index in [9.17, 15) is 9.59 Å². The van der Waals surface area contributed by atoms with Gasteiger partial charge < -0.3 is 10.6 Å². The summed E-state index contributed by atoms with van der Waals surface area (Å²) in [4.78, 5) is 29.5. The molecular formula is C21H19BrN5O2S+. The van der Waals surface area contributed by atoms with Crippen molar-refractivity contribution in [3.63, 3.8) is 0 Å². The van der Waals surface area contributed by atoms with Gasteiger partial charge in [-0.2, -0.15) is 0 Å². The van der Waals surface area contributed by atoms with Crippen LogP contribution < -0.4 is 20.9 Å². The number of anilines is 2. The molecule has 9 heteroatoms. The summed E-state index contributed by atoms with van der Waals surface area (Å²) in [6.07, 6.45) is 2.07. The van der Waals surface area contributed by atoms with E-state index in [0.717, 1.165) is 23.1 Å². The molecule has 3 aromatic rings. The summed E-state index contributed by atoms with van der Waals surface area (Å²) in [5, 5.41) is 11.6. The second kappa shape index (κ2) is 7.24. The molecule has 1 amide bonds. The molecule has 1 spiro atoms. The van der Waals surface area contributed by atoms with Gasteiger partial charge in [0.2, 0.25) is 5.16 Å². The number of halogens is 1. The molecule has 3 heterocycles. The Morgan fingerprint density at radius 2 is 2.00 bits per heavy atom. The van der Waals surface area contributed by atoms with Gasteiger partial charge in [0.1, 0.15) is 0 Å². The highest BCUT2D eigenvalue weighted by molar-refractivity contribution is 9.10. The number of para-hydroxylation sites is 1. The third-order valence-electron chi connectivity index (χ3n) is 5.34. The second-order valence-corrected chi connectivity index (χ2v) is 9.25. The Bertz CT molecular complexity index is 1240. The summed E-state index contributed by atoms with van der Waals surface area (Å²) < 4.78 is 2.39. The zero-order chi connectivity index (χ0) is 20.9. The van der Waals surface area contributed by atoms with Crippen LogP contribution in [0.2, 0.25) is 0 Å². The lowest BCUT2D eigenvalue weighted by atomic mass is 9.95. The first-order chi connectivity index (χ1) is 14.5. The number of carbonyl (C=O) groups is 1. The van der Waals surface area contributed by atoms with Gasteiger partial charge in [0.15, 0.2) is 0 Å². The highest BCUT2D eigenvalue weighted by Gasteiger charge is 2.62. The first-order valence-corrected chi connectivity index (χ1v) is 11.5. The summed E-state index contributed by atoms with van der Waals surface area (Å²) in [5.41, 5.74) is 1.55. The van der Waals surface area contributed by atoms with Crippen LogP contribution in [0, 0.1) is 0 Å². The molecule has 2 aliphatic heterocycles. The minimum absolute atomic E-state index is 0.270. The Kier molecular flexibility index (Phi) is 4.67. The number of thioether (sulfide) groups is 1. The molecule has 1 atom stereocenters. The van der Waals surface area contributed by atoms with Gasteiger partial charge in [-0.05, 0) is 41.4 Å². The molecule has 0 radical (unpaired) electrons. The monoisotopic (exact) mass is 484 g/mol. The van der Waals surface area contributed by atoms with Gasteiger partial charge in [0.25, 0.3) is 0 Å². The van der Waals surface area contributed by atoms with Crippen molar-refractivity contribution in [1.29, 1.82) is 0 Å². The average Bonchev–Trinajstić information content (AvgIpc) is 3.00. The number of H-pyrrole nitrogens is 1. The molecular weight excluding hydrogens is 466 g/mol. The molecule has 7 nitrogen and oxygen atoms in total. The zero-order valence-electron chi connectivity index (χ0n) is 16.2. The van der Waals surface area contributed by atoms with Crippen molar-refractivity contribution < 1.29 is 9.48 Å². The number of nitrogens with one attached hydrogen (secondary N) is 3.